The van der Waals surface area contributed by atoms with Gasteiger partial charge >= 0.3 is 5.97 Å². The van der Waals surface area contributed by atoms with Gasteiger partial charge in [-0.1, -0.05) is 28.1 Å². The normalized spacial score (nSPS) is 10.3. The number of methoxy groups -OCH3 is 1. The van der Waals surface area contributed by atoms with Crippen molar-refractivity contribution in [2.75, 3.05) is 24.4 Å². The van der Waals surface area contributed by atoms with Crippen molar-refractivity contribution in [2.24, 2.45) is 0 Å². The molecule has 0 atom stereocenters. The number of esters is 1. The maximum absolute atomic E-state index is 12.2. The standard InChI is InChI=1S/C27H27BrN2O6/c1-17-14-20(15-18(2)27(17)28)30-25(32)16-35-26(33)13-12-24(31)29-19-8-10-21(11-9-19)36-23-7-5-4-6-22(23)34-3/h4-11,14-15H,12-13,16H2,1-3H3,(H,29,31)(H,30,32). The van der Waals surface area contributed by atoms with Crippen molar-refractivity contribution < 1.29 is 28.6 Å². The van der Waals surface area contributed by atoms with Crippen LogP contribution in [0.2, 0.25) is 0 Å². The number of carbonyl (C=O) groups is 3. The van der Waals surface area contributed by atoms with Crippen LogP contribution in [0.15, 0.2) is 65.1 Å². The third-order valence-corrected chi connectivity index (χ3v) is 6.33. The first kappa shape index (κ1) is 26.7. The minimum absolute atomic E-state index is 0.0784. The van der Waals surface area contributed by atoms with Crippen molar-refractivity contribution in [3.63, 3.8) is 0 Å². The van der Waals surface area contributed by atoms with E-state index in [-0.39, 0.29) is 18.7 Å². The summed E-state index contributed by atoms with van der Waals surface area (Å²) in [5.41, 5.74) is 3.13. The summed E-state index contributed by atoms with van der Waals surface area (Å²) >= 11 is 3.47. The number of halogens is 1. The van der Waals surface area contributed by atoms with Crippen LogP contribution in [0.5, 0.6) is 17.2 Å². The zero-order valence-electron chi connectivity index (χ0n) is 20.2. The molecule has 3 aromatic carbocycles. The summed E-state index contributed by atoms with van der Waals surface area (Å²) in [4.78, 5) is 36.2. The highest BCUT2D eigenvalue weighted by molar-refractivity contribution is 9.10. The highest BCUT2D eigenvalue weighted by Crippen LogP contribution is 2.31. The molecular formula is C27H27BrN2O6. The van der Waals surface area contributed by atoms with Gasteiger partial charge in [-0.2, -0.15) is 0 Å². The second-order valence-corrected chi connectivity index (χ2v) is 8.75. The van der Waals surface area contributed by atoms with Crippen LogP contribution >= 0.6 is 15.9 Å². The molecule has 0 aliphatic rings. The van der Waals surface area contributed by atoms with Gasteiger partial charge in [-0.05, 0) is 73.5 Å². The Hall–Kier alpha value is -3.85. The summed E-state index contributed by atoms with van der Waals surface area (Å²) in [6.45, 7) is 3.41. The van der Waals surface area contributed by atoms with E-state index in [1.165, 1.54) is 0 Å². The van der Waals surface area contributed by atoms with E-state index in [1.807, 2.05) is 38.1 Å². The molecule has 0 unspecified atom stereocenters. The van der Waals surface area contributed by atoms with E-state index < -0.39 is 18.5 Å². The molecule has 0 spiro atoms. The van der Waals surface area contributed by atoms with Crippen LogP contribution in [0.1, 0.15) is 24.0 Å². The van der Waals surface area contributed by atoms with E-state index in [0.717, 1.165) is 15.6 Å². The first-order valence-corrected chi connectivity index (χ1v) is 12.0. The van der Waals surface area contributed by atoms with Crippen molar-refractivity contribution in [3.8, 4) is 17.2 Å². The first-order valence-electron chi connectivity index (χ1n) is 11.2. The maximum atomic E-state index is 12.2. The summed E-state index contributed by atoms with van der Waals surface area (Å²) in [7, 11) is 1.57. The number of ether oxygens (including phenoxy) is 3. The van der Waals surface area contributed by atoms with Crippen molar-refractivity contribution in [1.82, 2.24) is 0 Å². The molecule has 0 heterocycles. The highest BCUT2D eigenvalue weighted by Gasteiger charge is 2.12. The summed E-state index contributed by atoms with van der Waals surface area (Å²) < 4.78 is 17.0. The Balaban J connectivity index is 1.39. The Bertz CT molecular complexity index is 1220. The molecular weight excluding hydrogens is 528 g/mol. The second kappa shape index (κ2) is 12.7. The Morgan fingerprint density at radius 1 is 0.806 bits per heavy atom. The number of aryl methyl sites for hydroxylation is 2. The molecule has 0 bridgehead atoms. The lowest BCUT2D eigenvalue weighted by Crippen LogP contribution is -2.22. The van der Waals surface area contributed by atoms with Crippen LogP contribution in [0.3, 0.4) is 0 Å². The van der Waals surface area contributed by atoms with Gasteiger partial charge < -0.3 is 24.8 Å². The molecule has 0 aliphatic heterocycles. The smallest absolute Gasteiger partial charge is 0.306 e. The van der Waals surface area contributed by atoms with E-state index in [9.17, 15) is 14.4 Å². The lowest BCUT2D eigenvalue weighted by Gasteiger charge is -2.11. The summed E-state index contributed by atoms with van der Waals surface area (Å²) in [6, 6.07) is 17.7. The molecule has 188 valence electrons. The average Bonchev–Trinajstić information content (AvgIpc) is 2.86. The lowest BCUT2D eigenvalue weighted by atomic mass is 10.1. The predicted molar refractivity (Wildman–Crippen MR) is 141 cm³/mol. The molecule has 9 heteroatoms. The Morgan fingerprint density at radius 2 is 1.42 bits per heavy atom. The topological polar surface area (TPSA) is 103 Å². The number of rotatable bonds is 10. The van der Waals surface area contributed by atoms with Crippen LogP contribution in [-0.2, 0) is 19.1 Å². The van der Waals surface area contributed by atoms with E-state index in [1.54, 1.807) is 43.5 Å². The van der Waals surface area contributed by atoms with E-state index in [0.29, 0.717) is 28.6 Å². The van der Waals surface area contributed by atoms with Gasteiger partial charge in [0.1, 0.15) is 5.75 Å². The molecule has 36 heavy (non-hydrogen) atoms. The van der Waals surface area contributed by atoms with Gasteiger partial charge in [0.2, 0.25) is 5.91 Å². The first-order chi connectivity index (χ1) is 17.2. The zero-order valence-corrected chi connectivity index (χ0v) is 21.8. The van der Waals surface area contributed by atoms with Crippen molar-refractivity contribution in [3.05, 3.63) is 76.3 Å². The van der Waals surface area contributed by atoms with Crippen LogP contribution in [0.25, 0.3) is 0 Å². The summed E-state index contributed by atoms with van der Waals surface area (Å²) in [6.07, 6.45) is -0.227. The van der Waals surface area contributed by atoms with Crippen LogP contribution in [0, 0.1) is 13.8 Å². The number of hydrogen-bond donors (Lipinski definition) is 2. The fourth-order valence-corrected chi connectivity index (χ4v) is 3.54. The quantitative estimate of drug-likeness (QED) is 0.308. The summed E-state index contributed by atoms with van der Waals surface area (Å²) in [5, 5.41) is 5.41. The van der Waals surface area contributed by atoms with Gasteiger partial charge in [-0.15, -0.1) is 0 Å². The number of para-hydroxylation sites is 2. The minimum Gasteiger partial charge on any atom is -0.493 e. The number of hydrogen-bond acceptors (Lipinski definition) is 6. The molecule has 0 saturated heterocycles. The molecule has 3 rings (SSSR count). The Labute approximate surface area is 218 Å². The molecule has 0 saturated carbocycles. The number of carbonyl (C=O) groups excluding carboxylic acids is 3. The molecule has 0 fully saturated rings. The largest absolute Gasteiger partial charge is 0.493 e. The fourth-order valence-electron chi connectivity index (χ4n) is 3.31. The van der Waals surface area contributed by atoms with Crippen molar-refractivity contribution in [2.45, 2.75) is 26.7 Å². The number of amides is 2. The number of benzene rings is 3. The number of anilines is 2. The summed E-state index contributed by atoms with van der Waals surface area (Å²) in [5.74, 6) is 0.320. The van der Waals surface area contributed by atoms with Crippen LogP contribution in [-0.4, -0.2) is 31.5 Å². The lowest BCUT2D eigenvalue weighted by molar-refractivity contribution is -0.147. The predicted octanol–water partition coefficient (Wildman–Crippen LogP) is 5.77. The fraction of sp³-hybridized carbons (Fsp3) is 0.222. The minimum atomic E-state index is -0.635. The van der Waals surface area contributed by atoms with Crippen molar-refractivity contribution >= 4 is 45.1 Å². The van der Waals surface area contributed by atoms with Crippen molar-refractivity contribution in [1.29, 1.82) is 0 Å². The van der Waals surface area contributed by atoms with Gasteiger partial charge in [-0.25, -0.2) is 0 Å². The van der Waals surface area contributed by atoms with Gasteiger partial charge in [0.05, 0.1) is 13.5 Å². The van der Waals surface area contributed by atoms with Gasteiger partial charge in [0, 0.05) is 22.3 Å². The molecule has 2 N–H and O–H groups in total. The van der Waals surface area contributed by atoms with Gasteiger partial charge in [0.25, 0.3) is 5.91 Å². The highest BCUT2D eigenvalue weighted by atomic mass is 79.9. The van der Waals surface area contributed by atoms with E-state index in [4.69, 9.17) is 14.2 Å². The van der Waals surface area contributed by atoms with Gasteiger partial charge in [-0.3, -0.25) is 14.4 Å². The molecule has 0 aliphatic carbocycles. The SMILES string of the molecule is COc1ccccc1Oc1ccc(NC(=O)CCC(=O)OCC(=O)Nc2cc(C)c(Br)c(C)c2)cc1. The van der Waals surface area contributed by atoms with Crippen LogP contribution in [0.4, 0.5) is 11.4 Å². The molecule has 0 radical (unpaired) electrons. The molecule has 2 amide bonds. The third kappa shape index (κ3) is 7.84. The maximum Gasteiger partial charge on any atom is 0.306 e. The van der Waals surface area contributed by atoms with E-state index >= 15 is 0 Å². The van der Waals surface area contributed by atoms with Gasteiger partial charge in [0.15, 0.2) is 18.1 Å². The molecule has 0 aromatic heterocycles. The third-order valence-electron chi connectivity index (χ3n) is 5.08. The number of nitrogens with one attached hydrogen (secondary N) is 2. The average molecular weight is 555 g/mol. The Morgan fingerprint density at radius 3 is 2.06 bits per heavy atom. The molecule has 8 nitrogen and oxygen atoms in total. The second-order valence-electron chi connectivity index (χ2n) is 7.96. The Kier molecular flexibility index (Phi) is 9.46. The van der Waals surface area contributed by atoms with Crippen LogP contribution < -0.4 is 20.1 Å². The molecule has 3 aromatic rings. The zero-order chi connectivity index (χ0) is 26.1. The van der Waals surface area contributed by atoms with E-state index in [2.05, 4.69) is 26.6 Å². The monoisotopic (exact) mass is 554 g/mol.